The summed E-state index contributed by atoms with van der Waals surface area (Å²) in [6, 6.07) is 17.4. The Morgan fingerprint density at radius 2 is 1.92 bits per heavy atom. The monoisotopic (exact) mass is 382 g/mol. The number of fused-ring (bicyclic) bond motifs is 1. The van der Waals surface area contributed by atoms with E-state index in [0.717, 1.165) is 12.8 Å². The molecule has 26 heavy (non-hydrogen) atoms. The summed E-state index contributed by atoms with van der Waals surface area (Å²) in [7, 11) is 0. The highest BCUT2D eigenvalue weighted by Crippen LogP contribution is 2.46. The van der Waals surface area contributed by atoms with Gasteiger partial charge in [0, 0.05) is 10.1 Å². The van der Waals surface area contributed by atoms with Crippen LogP contribution >= 0.6 is 23.1 Å². The van der Waals surface area contributed by atoms with Crippen molar-refractivity contribution in [3.8, 4) is 10.4 Å². The van der Waals surface area contributed by atoms with Crippen molar-refractivity contribution < 1.29 is 9.53 Å². The van der Waals surface area contributed by atoms with Crippen LogP contribution in [0.25, 0.3) is 21.2 Å². The fraction of sp³-hybridized carbons (Fsp3) is 0.318. The molecule has 2 unspecified atom stereocenters. The van der Waals surface area contributed by atoms with Crippen molar-refractivity contribution in [1.82, 2.24) is 0 Å². The van der Waals surface area contributed by atoms with Crippen molar-refractivity contribution in [3.63, 3.8) is 0 Å². The van der Waals surface area contributed by atoms with E-state index in [0.29, 0.717) is 11.9 Å². The second-order valence-electron chi connectivity index (χ2n) is 6.69. The maximum absolute atomic E-state index is 12.0. The minimum atomic E-state index is -0.0300. The number of carbonyl (C=O) groups excluding carboxylic acids is 1. The van der Waals surface area contributed by atoms with Gasteiger partial charge in [-0.15, -0.1) is 23.1 Å². The van der Waals surface area contributed by atoms with Crippen molar-refractivity contribution in [1.29, 1.82) is 0 Å². The fourth-order valence-electron chi connectivity index (χ4n) is 3.47. The van der Waals surface area contributed by atoms with Crippen LogP contribution in [0.3, 0.4) is 0 Å². The molecule has 4 rings (SSSR count). The number of rotatable bonds is 5. The van der Waals surface area contributed by atoms with Gasteiger partial charge in [-0.2, -0.15) is 0 Å². The summed E-state index contributed by atoms with van der Waals surface area (Å²) in [5.41, 5.74) is 2.60. The summed E-state index contributed by atoms with van der Waals surface area (Å²) < 4.78 is 6.48. The third kappa shape index (κ3) is 3.28. The van der Waals surface area contributed by atoms with Crippen LogP contribution in [0.2, 0.25) is 0 Å². The van der Waals surface area contributed by atoms with E-state index in [-0.39, 0.29) is 11.9 Å². The lowest BCUT2D eigenvalue weighted by molar-refractivity contribution is -0.150. The van der Waals surface area contributed by atoms with E-state index in [1.807, 2.05) is 30.0 Å². The molecule has 1 fully saturated rings. The first-order valence-corrected chi connectivity index (χ1v) is 10.8. The zero-order valence-corrected chi connectivity index (χ0v) is 16.7. The van der Waals surface area contributed by atoms with E-state index in [2.05, 4.69) is 55.5 Å². The Bertz CT molecular complexity index is 944. The number of aryl methyl sites for hydroxylation is 1. The quantitative estimate of drug-likeness (QED) is 0.484. The van der Waals surface area contributed by atoms with Gasteiger partial charge in [0.05, 0.1) is 16.7 Å². The third-order valence-electron chi connectivity index (χ3n) is 5.06. The molecule has 4 heteroatoms. The van der Waals surface area contributed by atoms with E-state index < -0.39 is 0 Å². The molecule has 1 aliphatic carbocycles. The number of thiophene rings is 1. The summed E-state index contributed by atoms with van der Waals surface area (Å²) >= 11 is 3.66. The Morgan fingerprint density at radius 3 is 2.65 bits per heavy atom. The molecule has 0 amide bonds. The first kappa shape index (κ1) is 17.6. The molecule has 1 heterocycles. The minimum absolute atomic E-state index is 0.0300. The van der Waals surface area contributed by atoms with Crippen molar-refractivity contribution in [2.24, 2.45) is 5.92 Å². The average Bonchev–Trinajstić information content (AvgIpc) is 3.08. The van der Waals surface area contributed by atoms with Gasteiger partial charge in [-0.3, -0.25) is 4.79 Å². The number of carbonyl (C=O) groups is 1. The van der Waals surface area contributed by atoms with Crippen LogP contribution in [0.4, 0.5) is 0 Å². The maximum Gasteiger partial charge on any atom is 0.310 e. The zero-order valence-electron chi connectivity index (χ0n) is 15.0. The van der Waals surface area contributed by atoms with Crippen molar-refractivity contribution >= 4 is 39.8 Å². The van der Waals surface area contributed by atoms with Crippen LogP contribution in [0, 0.1) is 12.8 Å². The summed E-state index contributed by atoms with van der Waals surface area (Å²) in [5.74, 6) is 0.0308. The molecule has 0 radical (unpaired) electrons. The van der Waals surface area contributed by atoms with Gasteiger partial charge in [0.2, 0.25) is 0 Å². The topological polar surface area (TPSA) is 26.3 Å². The van der Waals surface area contributed by atoms with E-state index in [1.165, 1.54) is 31.0 Å². The molecular weight excluding hydrogens is 360 g/mol. The van der Waals surface area contributed by atoms with E-state index in [1.54, 1.807) is 0 Å². The Kier molecular flexibility index (Phi) is 5.05. The van der Waals surface area contributed by atoms with Gasteiger partial charge < -0.3 is 4.74 Å². The summed E-state index contributed by atoms with van der Waals surface area (Å²) in [5, 5.41) is 2.98. The average molecular weight is 383 g/mol. The van der Waals surface area contributed by atoms with Crippen molar-refractivity contribution in [2.45, 2.75) is 36.1 Å². The van der Waals surface area contributed by atoms with Crippen LogP contribution in [-0.4, -0.2) is 17.8 Å². The van der Waals surface area contributed by atoms with E-state index >= 15 is 0 Å². The highest BCUT2D eigenvalue weighted by molar-refractivity contribution is 8.01. The molecule has 0 saturated heterocycles. The second kappa shape index (κ2) is 7.45. The Labute approximate surface area is 162 Å². The predicted molar refractivity (Wildman–Crippen MR) is 111 cm³/mol. The van der Waals surface area contributed by atoms with Crippen LogP contribution < -0.4 is 0 Å². The molecule has 0 spiro atoms. The highest BCUT2D eigenvalue weighted by atomic mass is 32.2. The molecule has 3 aromatic rings. The molecular formula is C22H22O2S2. The lowest BCUT2D eigenvalue weighted by Gasteiger charge is -2.33. The van der Waals surface area contributed by atoms with Gasteiger partial charge in [0.15, 0.2) is 0 Å². The van der Waals surface area contributed by atoms with Gasteiger partial charge in [-0.1, -0.05) is 36.4 Å². The first-order valence-electron chi connectivity index (χ1n) is 9.09. The van der Waals surface area contributed by atoms with Crippen LogP contribution in [0.1, 0.15) is 25.3 Å². The molecule has 134 valence electrons. The molecule has 1 saturated carbocycles. The number of hydrogen-bond acceptors (Lipinski definition) is 4. The number of benzene rings is 2. The van der Waals surface area contributed by atoms with E-state index in [9.17, 15) is 4.79 Å². The van der Waals surface area contributed by atoms with Crippen LogP contribution in [0.15, 0.2) is 52.7 Å². The highest BCUT2D eigenvalue weighted by Gasteiger charge is 2.38. The van der Waals surface area contributed by atoms with Crippen LogP contribution in [-0.2, 0) is 9.53 Å². The number of hydrogen-bond donors (Lipinski definition) is 0. The molecule has 0 N–H and O–H groups in total. The lowest BCUT2D eigenvalue weighted by Crippen LogP contribution is -2.36. The van der Waals surface area contributed by atoms with Gasteiger partial charge in [0.25, 0.3) is 0 Å². The zero-order chi connectivity index (χ0) is 18.1. The Balaban J connectivity index is 1.56. The predicted octanol–water partition coefficient (Wildman–Crippen LogP) is 6.31. The third-order valence-corrected chi connectivity index (χ3v) is 7.74. The number of esters is 1. The summed E-state index contributed by atoms with van der Waals surface area (Å²) in [6.45, 7) is 4.50. The van der Waals surface area contributed by atoms with Gasteiger partial charge >= 0.3 is 5.97 Å². The fourth-order valence-corrected chi connectivity index (χ4v) is 6.19. The minimum Gasteiger partial charge on any atom is -0.466 e. The van der Waals surface area contributed by atoms with Crippen LogP contribution in [0.5, 0.6) is 0 Å². The standard InChI is InChI=1S/C22H22O2S2/c1-3-24-22(23)18-10-11-20(18)26-21-13-12-19(25-21)17-9-8-14(2)15-6-4-5-7-16(15)17/h4-9,12-13,18,20H,3,10-11H2,1-2H3. The SMILES string of the molecule is CCOC(=O)C1CCC1Sc1ccc(-c2ccc(C)c3ccccc23)s1. The number of thioether (sulfide) groups is 1. The van der Waals surface area contributed by atoms with Crippen molar-refractivity contribution in [2.75, 3.05) is 6.61 Å². The second-order valence-corrected chi connectivity index (χ2v) is 9.31. The molecule has 1 aromatic heterocycles. The molecule has 0 aliphatic heterocycles. The van der Waals surface area contributed by atoms with Gasteiger partial charge in [-0.25, -0.2) is 0 Å². The molecule has 0 bridgehead atoms. The normalized spacial score (nSPS) is 19.3. The van der Waals surface area contributed by atoms with E-state index in [4.69, 9.17) is 4.74 Å². The molecule has 2 nitrogen and oxygen atoms in total. The largest absolute Gasteiger partial charge is 0.466 e. The first-order chi connectivity index (χ1) is 12.7. The molecule has 2 atom stereocenters. The maximum atomic E-state index is 12.0. The summed E-state index contributed by atoms with van der Waals surface area (Å²) in [6.07, 6.45) is 2.05. The van der Waals surface area contributed by atoms with Gasteiger partial charge in [0.1, 0.15) is 0 Å². The summed E-state index contributed by atoms with van der Waals surface area (Å²) in [4.78, 5) is 13.3. The van der Waals surface area contributed by atoms with Gasteiger partial charge in [-0.05, 0) is 60.7 Å². The smallest absolute Gasteiger partial charge is 0.310 e. The number of ether oxygens (including phenoxy) is 1. The molecule has 1 aliphatic rings. The Hall–Kier alpha value is -1.78. The van der Waals surface area contributed by atoms with Crippen molar-refractivity contribution in [3.05, 3.63) is 54.1 Å². The lowest BCUT2D eigenvalue weighted by atomic mass is 9.85. The molecule has 2 aromatic carbocycles. The Morgan fingerprint density at radius 1 is 1.12 bits per heavy atom.